The molecule has 1 N–H and O–H groups in total. The predicted molar refractivity (Wildman–Crippen MR) is 73.2 cm³/mol. The van der Waals surface area contributed by atoms with Crippen LogP contribution in [0.5, 0.6) is 5.75 Å². The first-order valence-electron chi connectivity index (χ1n) is 7.26. The van der Waals surface area contributed by atoms with Gasteiger partial charge in [-0.05, 0) is 31.5 Å². The maximum Gasteiger partial charge on any atom is 0.126 e. The van der Waals surface area contributed by atoms with Crippen molar-refractivity contribution >= 4 is 0 Å². The highest BCUT2D eigenvalue weighted by Gasteiger charge is 2.48. The molecule has 1 saturated heterocycles. The molecule has 20 heavy (non-hydrogen) atoms. The number of rotatable bonds is 1. The van der Waals surface area contributed by atoms with Crippen LogP contribution in [-0.2, 0) is 4.74 Å². The molecule has 1 aromatic carbocycles. The fourth-order valence-corrected chi connectivity index (χ4v) is 3.40. The number of hydrogen-bond donors (Lipinski definition) is 1. The van der Waals surface area contributed by atoms with E-state index >= 15 is 0 Å². The molecule has 1 spiro atoms. The smallest absolute Gasteiger partial charge is 0.126 e. The molecule has 0 radical (unpaired) electrons. The minimum Gasteiger partial charge on any atom is -0.487 e. The van der Waals surface area contributed by atoms with E-state index in [9.17, 15) is 9.50 Å². The fourth-order valence-electron chi connectivity index (χ4n) is 3.40. The average Bonchev–Trinajstić information content (AvgIpc) is 2.40. The van der Waals surface area contributed by atoms with E-state index < -0.39 is 11.7 Å². The Morgan fingerprint density at radius 1 is 1.45 bits per heavy atom. The van der Waals surface area contributed by atoms with Gasteiger partial charge >= 0.3 is 0 Å². The molecule has 0 aliphatic carbocycles. The van der Waals surface area contributed by atoms with Gasteiger partial charge in [0.2, 0.25) is 0 Å². The van der Waals surface area contributed by atoms with E-state index in [0.717, 1.165) is 19.3 Å². The van der Waals surface area contributed by atoms with Crippen molar-refractivity contribution < 1.29 is 19.0 Å². The first-order chi connectivity index (χ1) is 9.45. The van der Waals surface area contributed by atoms with Crippen molar-refractivity contribution in [2.24, 2.45) is 0 Å². The molecule has 1 aromatic rings. The van der Waals surface area contributed by atoms with Crippen molar-refractivity contribution in [3.8, 4) is 5.75 Å². The summed E-state index contributed by atoms with van der Waals surface area (Å²) in [6.07, 6.45) is 2.25. The highest BCUT2D eigenvalue weighted by Crippen LogP contribution is 2.47. The van der Waals surface area contributed by atoms with Gasteiger partial charge in [0.25, 0.3) is 0 Å². The Bertz CT molecular complexity index is 518. The number of aliphatic hydroxyl groups excluding tert-OH is 1. The molecule has 110 valence electrons. The van der Waals surface area contributed by atoms with Gasteiger partial charge in [0.15, 0.2) is 0 Å². The molecule has 3 rings (SSSR count). The minimum absolute atomic E-state index is 0.213. The van der Waals surface area contributed by atoms with E-state index in [4.69, 9.17) is 9.47 Å². The zero-order valence-electron chi connectivity index (χ0n) is 12.0. The van der Waals surface area contributed by atoms with E-state index in [1.165, 1.54) is 12.1 Å². The Labute approximate surface area is 118 Å². The summed E-state index contributed by atoms with van der Waals surface area (Å²) in [4.78, 5) is 0. The van der Waals surface area contributed by atoms with Crippen molar-refractivity contribution in [1.82, 2.24) is 0 Å². The van der Waals surface area contributed by atoms with Gasteiger partial charge in [0, 0.05) is 24.8 Å². The second-order valence-corrected chi connectivity index (χ2v) is 6.27. The highest BCUT2D eigenvalue weighted by atomic mass is 19.1. The van der Waals surface area contributed by atoms with E-state index in [1.807, 2.05) is 0 Å². The van der Waals surface area contributed by atoms with Gasteiger partial charge in [0.1, 0.15) is 17.2 Å². The normalized spacial score (nSPS) is 36.5. The van der Waals surface area contributed by atoms with Crippen LogP contribution in [0, 0.1) is 5.82 Å². The maximum absolute atomic E-state index is 13.3. The Morgan fingerprint density at radius 2 is 2.25 bits per heavy atom. The van der Waals surface area contributed by atoms with Crippen LogP contribution in [0.2, 0.25) is 0 Å². The van der Waals surface area contributed by atoms with Gasteiger partial charge in [-0.2, -0.15) is 0 Å². The van der Waals surface area contributed by atoms with Crippen LogP contribution in [0.4, 0.5) is 4.39 Å². The Hall–Kier alpha value is -1.13. The summed E-state index contributed by atoms with van der Waals surface area (Å²) in [5, 5.41) is 10.4. The van der Waals surface area contributed by atoms with Crippen LogP contribution in [0.1, 0.15) is 51.2 Å². The second-order valence-electron chi connectivity index (χ2n) is 6.27. The lowest BCUT2D eigenvalue weighted by atomic mass is 9.76. The molecular weight excluding hydrogens is 259 g/mol. The van der Waals surface area contributed by atoms with E-state index in [1.54, 1.807) is 6.07 Å². The van der Waals surface area contributed by atoms with Crippen LogP contribution < -0.4 is 4.74 Å². The van der Waals surface area contributed by atoms with Crippen LogP contribution in [0.25, 0.3) is 0 Å². The Balaban J connectivity index is 1.92. The minimum atomic E-state index is -0.673. The molecule has 3 nitrogen and oxygen atoms in total. The predicted octanol–water partition coefficient (Wildman–Crippen LogP) is 3.36. The van der Waals surface area contributed by atoms with Gasteiger partial charge in [-0.3, -0.25) is 0 Å². The van der Waals surface area contributed by atoms with Crippen LogP contribution in [0.3, 0.4) is 0 Å². The second kappa shape index (κ2) is 4.71. The lowest BCUT2D eigenvalue weighted by Gasteiger charge is -2.49. The summed E-state index contributed by atoms with van der Waals surface area (Å²) < 4.78 is 25.3. The molecule has 2 aliphatic rings. The largest absolute Gasteiger partial charge is 0.487 e. The van der Waals surface area contributed by atoms with Gasteiger partial charge < -0.3 is 14.6 Å². The van der Waals surface area contributed by atoms with Crippen LogP contribution >= 0.6 is 0 Å². The summed E-state index contributed by atoms with van der Waals surface area (Å²) in [6.45, 7) is 4.82. The quantitative estimate of drug-likeness (QED) is 0.857. The lowest BCUT2D eigenvalue weighted by molar-refractivity contribution is -0.160. The number of benzene rings is 1. The third kappa shape index (κ3) is 2.31. The first kappa shape index (κ1) is 13.8. The van der Waals surface area contributed by atoms with Crippen LogP contribution in [0.15, 0.2) is 18.2 Å². The van der Waals surface area contributed by atoms with Crippen molar-refractivity contribution in [1.29, 1.82) is 0 Å². The van der Waals surface area contributed by atoms with Gasteiger partial charge in [0.05, 0.1) is 18.3 Å². The standard InChI is InChI=1S/C16H21FO3/c1-3-15(2)10-16(6-7-19-15)9-13(18)12-8-11(17)4-5-14(12)20-16/h4-5,8,13,18H,3,6-7,9-10H2,1-2H3/t13-,15?,16?/m1/s1. The average molecular weight is 280 g/mol. The molecule has 1 fully saturated rings. The molecule has 3 atom stereocenters. The monoisotopic (exact) mass is 280 g/mol. The van der Waals surface area contributed by atoms with E-state index in [-0.39, 0.29) is 11.4 Å². The number of ether oxygens (including phenoxy) is 2. The summed E-state index contributed by atoms with van der Waals surface area (Å²) >= 11 is 0. The van der Waals surface area contributed by atoms with E-state index in [2.05, 4.69) is 13.8 Å². The van der Waals surface area contributed by atoms with Crippen molar-refractivity contribution in [2.45, 2.75) is 56.8 Å². The number of aliphatic hydroxyl groups is 1. The third-order valence-electron chi connectivity index (χ3n) is 4.67. The number of fused-ring (bicyclic) bond motifs is 1. The van der Waals surface area contributed by atoms with Crippen molar-refractivity contribution in [2.75, 3.05) is 6.61 Å². The summed E-state index contributed by atoms with van der Waals surface area (Å²) in [5.41, 5.74) is -0.0525. The SMILES string of the molecule is CCC1(C)CC2(CCO1)C[C@@H](O)c1cc(F)ccc1O2. The molecule has 4 heteroatoms. The van der Waals surface area contributed by atoms with Gasteiger partial charge in [-0.15, -0.1) is 0 Å². The number of hydrogen-bond acceptors (Lipinski definition) is 3. The molecule has 0 saturated carbocycles. The van der Waals surface area contributed by atoms with Gasteiger partial charge in [-0.1, -0.05) is 6.92 Å². The molecule has 2 heterocycles. The Morgan fingerprint density at radius 3 is 3.00 bits per heavy atom. The van der Waals surface area contributed by atoms with Crippen LogP contribution in [-0.4, -0.2) is 22.9 Å². The zero-order valence-corrected chi connectivity index (χ0v) is 12.0. The molecule has 0 bridgehead atoms. The molecular formula is C16H21FO3. The molecule has 0 aromatic heterocycles. The Kier molecular flexibility index (Phi) is 3.26. The fraction of sp³-hybridized carbons (Fsp3) is 0.625. The molecule has 0 amide bonds. The summed E-state index contributed by atoms with van der Waals surface area (Å²) in [5.74, 6) is 0.262. The van der Waals surface area contributed by atoms with Crippen molar-refractivity contribution in [3.05, 3.63) is 29.6 Å². The highest BCUT2D eigenvalue weighted by molar-refractivity contribution is 5.38. The van der Waals surface area contributed by atoms with Crippen molar-refractivity contribution in [3.63, 3.8) is 0 Å². The first-order valence-corrected chi connectivity index (χ1v) is 7.26. The van der Waals surface area contributed by atoms with E-state index in [0.29, 0.717) is 24.3 Å². The van der Waals surface area contributed by atoms with Gasteiger partial charge in [-0.25, -0.2) is 4.39 Å². The maximum atomic E-state index is 13.3. The number of halogens is 1. The topological polar surface area (TPSA) is 38.7 Å². The lowest BCUT2D eigenvalue weighted by Crippen LogP contribution is -2.52. The zero-order chi connectivity index (χ0) is 14.4. The molecule has 2 aliphatic heterocycles. The molecule has 2 unspecified atom stereocenters. The third-order valence-corrected chi connectivity index (χ3v) is 4.67. The summed E-state index contributed by atoms with van der Waals surface area (Å²) in [7, 11) is 0. The summed E-state index contributed by atoms with van der Waals surface area (Å²) in [6, 6.07) is 4.36.